The molecular formula is C15H12F6N2OS. The van der Waals surface area contributed by atoms with E-state index in [0.717, 1.165) is 0 Å². The Morgan fingerprint density at radius 1 is 1.08 bits per heavy atom. The van der Waals surface area contributed by atoms with Gasteiger partial charge in [0.05, 0.1) is 11.1 Å². The van der Waals surface area contributed by atoms with Crippen molar-refractivity contribution in [2.45, 2.75) is 26.2 Å². The Morgan fingerprint density at radius 2 is 1.52 bits per heavy atom. The van der Waals surface area contributed by atoms with E-state index in [0.29, 0.717) is 12.1 Å². The number of allylic oxidation sites excluding steroid dienone is 1. The van der Waals surface area contributed by atoms with Crippen LogP contribution in [0.3, 0.4) is 0 Å². The summed E-state index contributed by atoms with van der Waals surface area (Å²) in [6.45, 7) is 3.06. The maximum absolute atomic E-state index is 12.8. The van der Waals surface area contributed by atoms with Gasteiger partial charge in [0, 0.05) is 11.6 Å². The van der Waals surface area contributed by atoms with Crippen molar-refractivity contribution in [1.29, 1.82) is 5.26 Å². The number of aliphatic hydroxyl groups excluding tert-OH is 1. The fourth-order valence-corrected chi connectivity index (χ4v) is 2.00. The highest BCUT2D eigenvalue weighted by Crippen LogP contribution is 2.37. The minimum atomic E-state index is -5.01. The third kappa shape index (κ3) is 5.35. The summed E-state index contributed by atoms with van der Waals surface area (Å²) < 4.78 is 76.8. The van der Waals surface area contributed by atoms with Crippen LogP contribution >= 0.6 is 12.2 Å². The predicted octanol–water partition coefficient (Wildman–Crippen LogP) is 5.46. The molecule has 0 fully saturated rings. The van der Waals surface area contributed by atoms with Crippen LogP contribution in [-0.4, -0.2) is 10.1 Å². The Kier molecular flexibility index (Phi) is 6.07. The van der Waals surface area contributed by atoms with Crippen LogP contribution in [-0.2, 0) is 12.4 Å². The molecule has 0 heterocycles. The zero-order chi connectivity index (χ0) is 19.6. The van der Waals surface area contributed by atoms with Crippen molar-refractivity contribution in [2.24, 2.45) is 5.92 Å². The lowest BCUT2D eigenvalue weighted by molar-refractivity contribution is -0.143. The van der Waals surface area contributed by atoms with Crippen molar-refractivity contribution in [2.75, 3.05) is 5.32 Å². The van der Waals surface area contributed by atoms with E-state index in [4.69, 9.17) is 17.5 Å². The van der Waals surface area contributed by atoms with Gasteiger partial charge in [-0.1, -0.05) is 26.1 Å². The molecule has 0 unspecified atom stereocenters. The molecule has 3 nitrogen and oxygen atoms in total. The molecule has 0 saturated carbocycles. The molecule has 2 N–H and O–H groups in total. The Labute approximate surface area is 144 Å². The molecule has 0 aliphatic heterocycles. The van der Waals surface area contributed by atoms with Gasteiger partial charge >= 0.3 is 12.4 Å². The first kappa shape index (κ1) is 20.8. The fourth-order valence-electron chi connectivity index (χ4n) is 1.73. The minimum absolute atomic E-state index is 0.0269. The molecule has 0 radical (unpaired) electrons. The number of halogens is 6. The van der Waals surface area contributed by atoms with Crippen LogP contribution in [0.4, 0.5) is 32.0 Å². The summed E-state index contributed by atoms with van der Waals surface area (Å²) in [6, 6.07) is 2.41. The summed E-state index contributed by atoms with van der Waals surface area (Å²) >= 11 is 4.81. The molecule has 136 valence electrons. The van der Waals surface area contributed by atoms with Gasteiger partial charge in [0.25, 0.3) is 0 Å². The number of benzene rings is 1. The number of nitriles is 1. The minimum Gasteiger partial charge on any atom is -0.511 e. The average molecular weight is 382 g/mol. The number of nitrogens with zero attached hydrogens (tertiary/aromatic N) is 1. The third-order valence-electron chi connectivity index (χ3n) is 2.99. The molecular weight excluding hydrogens is 370 g/mol. The van der Waals surface area contributed by atoms with Crippen LogP contribution in [0.2, 0.25) is 0 Å². The average Bonchev–Trinajstić information content (AvgIpc) is 2.45. The summed E-state index contributed by atoms with van der Waals surface area (Å²) in [6.07, 6.45) is -10.0. The maximum atomic E-state index is 12.8. The van der Waals surface area contributed by atoms with E-state index in [2.05, 4.69) is 5.32 Å². The monoisotopic (exact) mass is 382 g/mol. The summed E-state index contributed by atoms with van der Waals surface area (Å²) in [7, 11) is 0. The molecule has 0 saturated heterocycles. The standard InChI is InChI=1S/C15H12F6N2OS/c1-7(2)12(24)11(6-22)13(25)23-10-4-8(14(16,17)18)3-9(5-10)15(19,20)21/h3-5,7,24H,1-2H3,(H,23,25). The van der Waals surface area contributed by atoms with Gasteiger partial charge in [-0.3, -0.25) is 0 Å². The number of rotatable bonds is 3. The normalized spacial score (nSPS) is 13.3. The van der Waals surface area contributed by atoms with Crippen LogP contribution in [0.5, 0.6) is 0 Å². The Balaban J connectivity index is 3.37. The highest BCUT2D eigenvalue weighted by Gasteiger charge is 2.37. The number of thiocarbonyl (C=S) groups is 1. The van der Waals surface area contributed by atoms with Crippen LogP contribution in [0.1, 0.15) is 25.0 Å². The zero-order valence-corrected chi connectivity index (χ0v) is 13.7. The molecule has 1 aromatic rings. The van der Waals surface area contributed by atoms with Crippen molar-refractivity contribution in [1.82, 2.24) is 0 Å². The number of anilines is 1. The molecule has 0 aliphatic rings. The van der Waals surface area contributed by atoms with Gasteiger partial charge < -0.3 is 10.4 Å². The first-order chi connectivity index (χ1) is 11.3. The van der Waals surface area contributed by atoms with Gasteiger partial charge in [-0.05, 0) is 18.2 Å². The molecule has 1 aromatic carbocycles. The first-order valence-corrected chi connectivity index (χ1v) is 7.12. The largest absolute Gasteiger partial charge is 0.511 e. The van der Waals surface area contributed by atoms with Crippen LogP contribution in [0, 0.1) is 17.2 Å². The van der Waals surface area contributed by atoms with Gasteiger partial charge in [0.1, 0.15) is 22.4 Å². The molecule has 0 atom stereocenters. The van der Waals surface area contributed by atoms with E-state index in [9.17, 15) is 31.4 Å². The second-order valence-electron chi connectivity index (χ2n) is 5.28. The van der Waals surface area contributed by atoms with Gasteiger partial charge in [-0.25, -0.2) is 0 Å². The van der Waals surface area contributed by atoms with Gasteiger partial charge in [0.15, 0.2) is 0 Å². The lowest BCUT2D eigenvalue weighted by Crippen LogP contribution is -2.17. The summed E-state index contributed by atoms with van der Waals surface area (Å²) in [5.74, 6) is -0.940. The molecule has 25 heavy (non-hydrogen) atoms. The lowest BCUT2D eigenvalue weighted by Gasteiger charge is -2.16. The van der Waals surface area contributed by atoms with E-state index in [-0.39, 0.29) is 6.07 Å². The van der Waals surface area contributed by atoms with E-state index in [1.807, 2.05) is 0 Å². The predicted molar refractivity (Wildman–Crippen MR) is 82.8 cm³/mol. The number of aliphatic hydroxyl groups is 1. The fraction of sp³-hybridized carbons (Fsp3) is 0.333. The second-order valence-corrected chi connectivity index (χ2v) is 5.68. The number of alkyl halides is 6. The van der Waals surface area contributed by atoms with Gasteiger partial charge in [-0.15, -0.1) is 0 Å². The van der Waals surface area contributed by atoms with Crippen LogP contribution in [0.25, 0.3) is 0 Å². The zero-order valence-electron chi connectivity index (χ0n) is 12.9. The number of hydrogen-bond donors (Lipinski definition) is 2. The highest BCUT2D eigenvalue weighted by atomic mass is 32.1. The van der Waals surface area contributed by atoms with E-state index in [1.54, 1.807) is 6.07 Å². The molecule has 0 bridgehead atoms. The molecule has 0 amide bonds. The molecule has 0 aliphatic carbocycles. The Hall–Kier alpha value is -2.28. The van der Waals surface area contributed by atoms with Gasteiger partial charge in [-0.2, -0.15) is 31.6 Å². The molecule has 0 aromatic heterocycles. The van der Waals surface area contributed by atoms with E-state index < -0.39 is 51.4 Å². The number of nitrogens with one attached hydrogen (secondary N) is 1. The quantitative estimate of drug-likeness (QED) is 0.240. The third-order valence-corrected chi connectivity index (χ3v) is 3.29. The van der Waals surface area contributed by atoms with Gasteiger partial charge in [0.2, 0.25) is 0 Å². The van der Waals surface area contributed by atoms with Crippen LogP contribution < -0.4 is 5.32 Å². The highest BCUT2D eigenvalue weighted by molar-refractivity contribution is 7.81. The van der Waals surface area contributed by atoms with E-state index in [1.165, 1.54) is 13.8 Å². The first-order valence-electron chi connectivity index (χ1n) is 6.71. The van der Waals surface area contributed by atoms with E-state index >= 15 is 0 Å². The van der Waals surface area contributed by atoms with Crippen molar-refractivity contribution in [3.05, 3.63) is 40.7 Å². The Bertz CT molecular complexity index is 712. The molecule has 10 heteroatoms. The van der Waals surface area contributed by atoms with Crippen molar-refractivity contribution >= 4 is 22.9 Å². The summed E-state index contributed by atoms with van der Waals surface area (Å²) in [5, 5.41) is 20.9. The summed E-state index contributed by atoms with van der Waals surface area (Å²) in [5.41, 5.74) is -4.08. The molecule has 1 rings (SSSR count). The Morgan fingerprint density at radius 3 is 1.84 bits per heavy atom. The van der Waals surface area contributed by atoms with Crippen molar-refractivity contribution in [3.63, 3.8) is 0 Å². The summed E-state index contributed by atoms with van der Waals surface area (Å²) in [4.78, 5) is -0.485. The van der Waals surface area contributed by atoms with Crippen LogP contribution in [0.15, 0.2) is 29.5 Å². The SMILES string of the molecule is CC(C)C(O)=C(C#N)C(=S)Nc1cc(C(F)(F)F)cc(C(F)(F)F)c1. The smallest absolute Gasteiger partial charge is 0.416 e. The topological polar surface area (TPSA) is 56.0 Å². The number of hydrogen-bond acceptors (Lipinski definition) is 3. The maximum Gasteiger partial charge on any atom is 0.416 e. The second kappa shape index (κ2) is 7.31. The van der Waals surface area contributed by atoms with Crippen molar-refractivity contribution < 1.29 is 31.4 Å². The lowest BCUT2D eigenvalue weighted by atomic mass is 10.1. The molecule has 0 spiro atoms. The van der Waals surface area contributed by atoms with Crippen molar-refractivity contribution in [3.8, 4) is 6.07 Å².